The zero-order chi connectivity index (χ0) is 22.4. The summed E-state index contributed by atoms with van der Waals surface area (Å²) in [6.07, 6.45) is 0. The molecule has 164 valence electrons. The molecule has 0 aliphatic rings. The van der Waals surface area contributed by atoms with E-state index in [1.165, 1.54) is 37.5 Å². The van der Waals surface area contributed by atoms with Gasteiger partial charge in [-0.15, -0.1) is 11.3 Å². The summed E-state index contributed by atoms with van der Waals surface area (Å²) in [5, 5.41) is 3.39. The second-order valence-corrected chi connectivity index (χ2v) is 9.81. The molecule has 1 heterocycles. The quantitative estimate of drug-likeness (QED) is 0.487. The standard InChI is InChI=1S/C22H22FNO5S2/c1-15-12-16(9-10-17(15)23)31(26,27)21(20-8-5-11-30-20)13-24-22(25)14-29-19-7-4-3-6-18(19)28-2/h3-12,21H,13-14H2,1-2H3,(H,24,25). The summed E-state index contributed by atoms with van der Waals surface area (Å²) in [5.41, 5.74) is 0.236. The minimum atomic E-state index is -3.87. The maximum Gasteiger partial charge on any atom is 0.257 e. The molecule has 0 radical (unpaired) electrons. The van der Waals surface area contributed by atoms with Crippen LogP contribution in [0.4, 0.5) is 4.39 Å². The molecule has 31 heavy (non-hydrogen) atoms. The largest absolute Gasteiger partial charge is 0.493 e. The van der Waals surface area contributed by atoms with E-state index in [9.17, 15) is 17.6 Å². The fraction of sp³-hybridized carbons (Fsp3) is 0.227. The van der Waals surface area contributed by atoms with E-state index in [2.05, 4.69) is 5.32 Å². The number of hydrogen-bond acceptors (Lipinski definition) is 6. The molecule has 1 unspecified atom stereocenters. The lowest BCUT2D eigenvalue weighted by molar-refractivity contribution is -0.123. The highest BCUT2D eigenvalue weighted by atomic mass is 32.2. The van der Waals surface area contributed by atoms with E-state index in [1.54, 1.807) is 41.8 Å². The molecule has 2 aromatic carbocycles. The minimum Gasteiger partial charge on any atom is -0.493 e. The number of carbonyl (C=O) groups is 1. The Morgan fingerprint density at radius 3 is 2.52 bits per heavy atom. The van der Waals surface area contributed by atoms with Crippen molar-refractivity contribution in [2.75, 3.05) is 20.3 Å². The number of carbonyl (C=O) groups excluding carboxylic acids is 1. The fourth-order valence-corrected chi connectivity index (χ4v) is 5.80. The maximum atomic E-state index is 13.6. The topological polar surface area (TPSA) is 81.7 Å². The van der Waals surface area contributed by atoms with Gasteiger partial charge in [-0.05, 0) is 54.3 Å². The van der Waals surface area contributed by atoms with E-state index in [-0.39, 0.29) is 23.6 Å². The number of hydrogen-bond donors (Lipinski definition) is 1. The predicted octanol–water partition coefficient (Wildman–Crippen LogP) is 3.91. The van der Waals surface area contributed by atoms with Crippen LogP contribution in [0.1, 0.15) is 15.7 Å². The number of amides is 1. The second-order valence-electron chi connectivity index (χ2n) is 6.70. The molecule has 1 atom stereocenters. The van der Waals surface area contributed by atoms with Crippen molar-refractivity contribution in [3.05, 3.63) is 76.2 Å². The normalized spacial score (nSPS) is 12.2. The summed E-state index contributed by atoms with van der Waals surface area (Å²) >= 11 is 1.27. The molecule has 1 aromatic heterocycles. The van der Waals surface area contributed by atoms with Gasteiger partial charge in [0.25, 0.3) is 5.91 Å². The van der Waals surface area contributed by atoms with Crippen LogP contribution in [0.25, 0.3) is 0 Å². The third kappa shape index (κ3) is 5.42. The van der Waals surface area contributed by atoms with Crippen molar-refractivity contribution in [2.24, 2.45) is 0 Å². The summed E-state index contributed by atoms with van der Waals surface area (Å²) in [7, 11) is -2.37. The van der Waals surface area contributed by atoms with Gasteiger partial charge in [-0.1, -0.05) is 18.2 Å². The number of nitrogens with one attached hydrogen (secondary N) is 1. The molecule has 3 rings (SSSR count). The fourth-order valence-electron chi connectivity index (χ4n) is 2.94. The van der Waals surface area contributed by atoms with E-state index in [0.717, 1.165) is 6.07 Å². The second kappa shape index (κ2) is 9.93. The molecule has 6 nitrogen and oxygen atoms in total. The van der Waals surface area contributed by atoms with Gasteiger partial charge in [-0.25, -0.2) is 12.8 Å². The van der Waals surface area contributed by atoms with Crippen LogP contribution in [0.15, 0.2) is 64.9 Å². The summed E-state index contributed by atoms with van der Waals surface area (Å²) in [6, 6.07) is 14.0. The van der Waals surface area contributed by atoms with Crippen molar-refractivity contribution >= 4 is 27.1 Å². The van der Waals surface area contributed by atoms with E-state index < -0.39 is 26.8 Å². The van der Waals surface area contributed by atoms with Gasteiger partial charge in [0.2, 0.25) is 0 Å². The Labute approximate surface area is 184 Å². The first-order valence-electron chi connectivity index (χ1n) is 9.39. The van der Waals surface area contributed by atoms with E-state index in [1.807, 2.05) is 0 Å². The lowest BCUT2D eigenvalue weighted by Crippen LogP contribution is -2.34. The van der Waals surface area contributed by atoms with Crippen LogP contribution in [0.2, 0.25) is 0 Å². The molecule has 0 aliphatic heterocycles. The van der Waals surface area contributed by atoms with E-state index in [4.69, 9.17) is 9.47 Å². The highest BCUT2D eigenvalue weighted by molar-refractivity contribution is 7.91. The molecule has 0 saturated heterocycles. The smallest absolute Gasteiger partial charge is 0.257 e. The molecule has 9 heteroatoms. The molecule has 0 aliphatic carbocycles. The maximum absolute atomic E-state index is 13.6. The van der Waals surface area contributed by atoms with Crippen LogP contribution in [-0.2, 0) is 14.6 Å². The number of sulfone groups is 1. The van der Waals surface area contributed by atoms with E-state index in [0.29, 0.717) is 16.4 Å². The van der Waals surface area contributed by atoms with Gasteiger partial charge in [0.1, 0.15) is 11.1 Å². The molecule has 0 fully saturated rings. The summed E-state index contributed by atoms with van der Waals surface area (Å²) < 4.78 is 50.8. The number of ether oxygens (including phenoxy) is 2. The molecular weight excluding hydrogens is 441 g/mol. The van der Waals surface area contributed by atoms with Crippen LogP contribution in [-0.4, -0.2) is 34.6 Å². The Bertz CT molecular complexity index is 1150. The minimum absolute atomic E-state index is 0.00400. The highest BCUT2D eigenvalue weighted by Gasteiger charge is 2.31. The van der Waals surface area contributed by atoms with E-state index >= 15 is 0 Å². The predicted molar refractivity (Wildman–Crippen MR) is 117 cm³/mol. The lowest BCUT2D eigenvalue weighted by Gasteiger charge is -2.18. The zero-order valence-corrected chi connectivity index (χ0v) is 18.6. The zero-order valence-electron chi connectivity index (χ0n) is 17.0. The van der Waals surface area contributed by atoms with Crippen LogP contribution >= 0.6 is 11.3 Å². The first kappa shape index (κ1) is 22.8. The van der Waals surface area contributed by atoms with Crippen molar-refractivity contribution in [1.29, 1.82) is 0 Å². The number of rotatable bonds is 9. The number of halogens is 1. The lowest BCUT2D eigenvalue weighted by atomic mass is 10.2. The Balaban J connectivity index is 1.73. The van der Waals surface area contributed by atoms with Crippen molar-refractivity contribution < 1.29 is 27.1 Å². The van der Waals surface area contributed by atoms with Crippen molar-refractivity contribution in [3.8, 4) is 11.5 Å². The highest BCUT2D eigenvalue weighted by Crippen LogP contribution is 2.32. The van der Waals surface area contributed by atoms with Crippen molar-refractivity contribution in [1.82, 2.24) is 5.32 Å². The molecular formula is C22H22FNO5S2. The summed E-state index contributed by atoms with van der Waals surface area (Å²) in [5.74, 6) is -0.0586. The Kier molecular flexibility index (Phi) is 7.29. The Hall–Kier alpha value is -2.91. The third-order valence-electron chi connectivity index (χ3n) is 4.61. The summed E-state index contributed by atoms with van der Waals surface area (Å²) in [4.78, 5) is 12.9. The number of benzene rings is 2. The Morgan fingerprint density at radius 1 is 1.13 bits per heavy atom. The summed E-state index contributed by atoms with van der Waals surface area (Å²) in [6.45, 7) is 1.06. The Morgan fingerprint density at radius 2 is 1.87 bits per heavy atom. The molecule has 3 aromatic rings. The van der Waals surface area contributed by atoms with Crippen LogP contribution in [0, 0.1) is 12.7 Å². The number of para-hydroxylation sites is 2. The number of thiophene rings is 1. The first-order chi connectivity index (χ1) is 14.8. The monoisotopic (exact) mass is 463 g/mol. The van der Waals surface area contributed by atoms with Gasteiger partial charge in [0, 0.05) is 11.4 Å². The average Bonchev–Trinajstić information content (AvgIpc) is 3.28. The number of aryl methyl sites for hydroxylation is 1. The van der Waals surface area contributed by atoms with Crippen molar-refractivity contribution in [3.63, 3.8) is 0 Å². The number of methoxy groups -OCH3 is 1. The van der Waals surface area contributed by atoms with Crippen LogP contribution < -0.4 is 14.8 Å². The molecule has 0 spiro atoms. The van der Waals surface area contributed by atoms with Gasteiger partial charge >= 0.3 is 0 Å². The molecule has 1 amide bonds. The van der Waals surface area contributed by atoms with Gasteiger partial charge < -0.3 is 14.8 Å². The van der Waals surface area contributed by atoms with Gasteiger partial charge in [-0.2, -0.15) is 0 Å². The van der Waals surface area contributed by atoms with Gasteiger partial charge in [-0.3, -0.25) is 4.79 Å². The molecule has 0 bridgehead atoms. The van der Waals surface area contributed by atoms with Gasteiger partial charge in [0.15, 0.2) is 27.9 Å². The first-order valence-corrected chi connectivity index (χ1v) is 11.8. The third-order valence-corrected chi connectivity index (χ3v) is 7.82. The average molecular weight is 464 g/mol. The SMILES string of the molecule is COc1ccccc1OCC(=O)NCC(c1cccs1)S(=O)(=O)c1ccc(F)c(C)c1. The van der Waals surface area contributed by atoms with Crippen LogP contribution in [0.3, 0.4) is 0 Å². The van der Waals surface area contributed by atoms with Crippen molar-refractivity contribution in [2.45, 2.75) is 17.1 Å². The van der Waals surface area contributed by atoms with Crippen LogP contribution in [0.5, 0.6) is 11.5 Å². The van der Waals surface area contributed by atoms with Gasteiger partial charge in [0.05, 0.1) is 12.0 Å². The molecule has 1 N–H and O–H groups in total. The molecule has 0 saturated carbocycles.